The zero-order chi connectivity index (χ0) is 14.0. The van der Waals surface area contributed by atoms with E-state index in [4.69, 9.17) is 17.3 Å². The minimum Gasteiger partial charge on any atom is -0.368 e. The SMILES string of the molecule is NC(=O)C1CNCCN1c1c(Cl)cccc1[N+](=O)[O-]. The Hall–Kier alpha value is -1.86. The minimum atomic E-state index is -0.646. The van der Waals surface area contributed by atoms with Gasteiger partial charge in [0.2, 0.25) is 5.91 Å². The summed E-state index contributed by atoms with van der Waals surface area (Å²) in [6.45, 7) is 1.38. The molecule has 3 N–H and O–H groups in total. The summed E-state index contributed by atoms with van der Waals surface area (Å²) in [5.41, 5.74) is 5.46. The van der Waals surface area contributed by atoms with Crippen molar-refractivity contribution in [2.75, 3.05) is 24.5 Å². The number of halogens is 1. The number of nitrogens with two attached hydrogens (primary N) is 1. The number of nitrogens with one attached hydrogen (secondary N) is 1. The molecule has 1 amide bonds. The second kappa shape index (κ2) is 5.41. The van der Waals surface area contributed by atoms with Gasteiger partial charge >= 0.3 is 0 Å². The quantitative estimate of drug-likeness (QED) is 0.622. The van der Waals surface area contributed by atoms with Crippen molar-refractivity contribution >= 4 is 28.9 Å². The number of nitro benzene ring substituents is 1. The van der Waals surface area contributed by atoms with E-state index >= 15 is 0 Å². The fourth-order valence-corrected chi connectivity index (χ4v) is 2.44. The van der Waals surface area contributed by atoms with Crippen molar-refractivity contribution in [3.05, 3.63) is 33.3 Å². The van der Waals surface area contributed by atoms with E-state index in [1.165, 1.54) is 12.1 Å². The summed E-state index contributed by atoms with van der Waals surface area (Å²) in [4.78, 5) is 23.6. The number of amides is 1. The number of carbonyl (C=O) groups excluding carboxylic acids is 1. The highest BCUT2D eigenvalue weighted by Gasteiger charge is 2.32. The van der Waals surface area contributed by atoms with Crippen LogP contribution in [0.25, 0.3) is 0 Å². The average molecular weight is 285 g/mol. The lowest BCUT2D eigenvalue weighted by Crippen LogP contribution is -2.57. The highest BCUT2D eigenvalue weighted by atomic mass is 35.5. The van der Waals surface area contributed by atoms with E-state index in [-0.39, 0.29) is 16.4 Å². The van der Waals surface area contributed by atoms with Crippen LogP contribution in [0, 0.1) is 10.1 Å². The van der Waals surface area contributed by atoms with Crippen LogP contribution in [0.15, 0.2) is 18.2 Å². The van der Waals surface area contributed by atoms with Crippen molar-refractivity contribution < 1.29 is 9.72 Å². The van der Waals surface area contributed by atoms with E-state index in [9.17, 15) is 14.9 Å². The molecule has 1 aromatic rings. The van der Waals surface area contributed by atoms with Crippen LogP contribution in [-0.2, 0) is 4.79 Å². The summed E-state index contributed by atoms with van der Waals surface area (Å²) in [6, 6.07) is 3.78. The van der Waals surface area contributed by atoms with Crippen LogP contribution in [-0.4, -0.2) is 36.5 Å². The minimum absolute atomic E-state index is 0.124. The lowest BCUT2D eigenvalue weighted by Gasteiger charge is -2.35. The first-order valence-electron chi connectivity index (χ1n) is 5.72. The molecule has 1 saturated heterocycles. The van der Waals surface area contributed by atoms with Gasteiger partial charge in [0, 0.05) is 25.7 Å². The molecule has 0 saturated carbocycles. The van der Waals surface area contributed by atoms with Crippen molar-refractivity contribution in [1.82, 2.24) is 5.32 Å². The normalized spacial score (nSPS) is 19.2. The van der Waals surface area contributed by atoms with Crippen LogP contribution in [0.1, 0.15) is 0 Å². The molecule has 102 valence electrons. The number of hydrogen-bond acceptors (Lipinski definition) is 5. The molecule has 8 heteroatoms. The Morgan fingerprint density at radius 2 is 2.32 bits per heavy atom. The lowest BCUT2D eigenvalue weighted by atomic mass is 10.1. The number of hydrogen-bond donors (Lipinski definition) is 2. The molecule has 0 bridgehead atoms. The third-order valence-electron chi connectivity index (χ3n) is 3.02. The first-order chi connectivity index (χ1) is 9.02. The molecule has 7 nitrogen and oxygen atoms in total. The number of piperazine rings is 1. The summed E-state index contributed by atoms with van der Waals surface area (Å²) in [7, 11) is 0. The van der Waals surface area contributed by atoms with Crippen LogP contribution in [0.2, 0.25) is 5.02 Å². The zero-order valence-corrected chi connectivity index (χ0v) is 10.8. The standard InChI is InChI=1S/C11H13ClN4O3/c12-7-2-1-3-8(16(18)19)10(7)15-5-4-14-6-9(15)11(13)17/h1-3,9,14H,4-6H2,(H2,13,17). The predicted molar refractivity (Wildman–Crippen MR) is 71.3 cm³/mol. The van der Waals surface area contributed by atoms with Gasteiger partial charge < -0.3 is 16.0 Å². The van der Waals surface area contributed by atoms with Crippen LogP contribution < -0.4 is 16.0 Å². The van der Waals surface area contributed by atoms with Crippen LogP contribution >= 0.6 is 11.6 Å². The number of anilines is 1. The molecule has 1 heterocycles. The topological polar surface area (TPSA) is 102 Å². The monoisotopic (exact) mass is 284 g/mol. The summed E-state index contributed by atoms with van der Waals surface area (Å²) in [6.07, 6.45) is 0. The van der Waals surface area contributed by atoms with E-state index in [1.807, 2.05) is 0 Å². The van der Waals surface area contributed by atoms with Crippen molar-refractivity contribution in [1.29, 1.82) is 0 Å². The summed E-state index contributed by atoms with van der Waals surface area (Å²) in [5.74, 6) is -0.540. The van der Waals surface area contributed by atoms with E-state index in [2.05, 4.69) is 5.32 Å². The van der Waals surface area contributed by atoms with Gasteiger partial charge in [0.05, 0.1) is 9.95 Å². The molecular weight excluding hydrogens is 272 g/mol. The number of primary amides is 1. The smallest absolute Gasteiger partial charge is 0.294 e. The summed E-state index contributed by atoms with van der Waals surface area (Å²) in [5, 5.41) is 14.3. The highest BCUT2D eigenvalue weighted by molar-refractivity contribution is 6.33. The average Bonchev–Trinajstić information content (AvgIpc) is 2.38. The number of carbonyl (C=O) groups is 1. The summed E-state index contributed by atoms with van der Waals surface area (Å²) >= 11 is 6.06. The van der Waals surface area contributed by atoms with Crippen LogP contribution in [0.3, 0.4) is 0 Å². The van der Waals surface area contributed by atoms with Crippen LogP contribution in [0.5, 0.6) is 0 Å². The van der Waals surface area contributed by atoms with Gasteiger partial charge in [-0.2, -0.15) is 0 Å². The maximum atomic E-state index is 11.5. The number of rotatable bonds is 3. The third-order valence-corrected chi connectivity index (χ3v) is 3.33. The van der Waals surface area contributed by atoms with Gasteiger partial charge in [-0.05, 0) is 6.07 Å². The second-order valence-corrected chi connectivity index (χ2v) is 4.59. The zero-order valence-electron chi connectivity index (χ0n) is 10.0. The van der Waals surface area contributed by atoms with Gasteiger partial charge in [0.25, 0.3) is 5.69 Å². The molecule has 0 aromatic heterocycles. The Bertz CT molecular complexity index is 523. The molecule has 1 aliphatic heterocycles. The van der Waals surface area contributed by atoms with Gasteiger partial charge in [-0.25, -0.2) is 0 Å². The molecule has 2 rings (SSSR count). The Balaban J connectivity index is 2.49. The fraction of sp³-hybridized carbons (Fsp3) is 0.364. The Kier molecular flexibility index (Phi) is 3.87. The van der Waals surface area contributed by atoms with E-state index < -0.39 is 16.9 Å². The molecule has 1 fully saturated rings. The molecule has 0 spiro atoms. The van der Waals surface area contributed by atoms with Crippen LogP contribution in [0.4, 0.5) is 11.4 Å². The fourth-order valence-electron chi connectivity index (χ4n) is 2.16. The maximum Gasteiger partial charge on any atom is 0.294 e. The Morgan fingerprint density at radius 3 is 2.95 bits per heavy atom. The number of nitrogens with zero attached hydrogens (tertiary/aromatic N) is 2. The van der Waals surface area contributed by atoms with Gasteiger partial charge in [-0.1, -0.05) is 17.7 Å². The van der Waals surface area contributed by atoms with Crippen molar-refractivity contribution in [2.24, 2.45) is 5.73 Å². The van der Waals surface area contributed by atoms with E-state index in [1.54, 1.807) is 11.0 Å². The summed E-state index contributed by atoms with van der Waals surface area (Å²) < 4.78 is 0. The van der Waals surface area contributed by atoms with Crippen molar-refractivity contribution in [2.45, 2.75) is 6.04 Å². The van der Waals surface area contributed by atoms with E-state index in [0.29, 0.717) is 19.6 Å². The highest BCUT2D eigenvalue weighted by Crippen LogP contribution is 2.36. The molecule has 1 atom stereocenters. The Morgan fingerprint density at radius 1 is 1.58 bits per heavy atom. The van der Waals surface area contributed by atoms with Crippen molar-refractivity contribution in [3.8, 4) is 0 Å². The number of para-hydroxylation sites is 1. The lowest BCUT2D eigenvalue weighted by molar-refractivity contribution is -0.384. The van der Waals surface area contributed by atoms with Crippen molar-refractivity contribution in [3.63, 3.8) is 0 Å². The van der Waals surface area contributed by atoms with Gasteiger partial charge in [-0.3, -0.25) is 14.9 Å². The third kappa shape index (κ3) is 2.61. The molecule has 19 heavy (non-hydrogen) atoms. The molecule has 0 radical (unpaired) electrons. The molecule has 1 unspecified atom stereocenters. The number of benzene rings is 1. The molecule has 1 aliphatic rings. The molecular formula is C11H13ClN4O3. The first kappa shape index (κ1) is 13.6. The maximum absolute atomic E-state index is 11.5. The molecule has 0 aliphatic carbocycles. The first-order valence-corrected chi connectivity index (χ1v) is 6.09. The second-order valence-electron chi connectivity index (χ2n) is 4.18. The largest absolute Gasteiger partial charge is 0.368 e. The van der Waals surface area contributed by atoms with Gasteiger partial charge in [0.1, 0.15) is 11.7 Å². The Labute approximate surface area is 114 Å². The van der Waals surface area contributed by atoms with E-state index in [0.717, 1.165) is 0 Å². The van der Waals surface area contributed by atoms with Gasteiger partial charge in [0.15, 0.2) is 0 Å². The number of nitro groups is 1. The molecule has 1 aromatic carbocycles. The van der Waals surface area contributed by atoms with Gasteiger partial charge in [-0.15, -0.1) is 0 Å². The predicted octanol–water partition coefficient (Wildman–Crippen LogP) is 0.512.